The minimum absolute atomic E-state index is 0.0764. The van der Waals surface area contributed by atoms with Gasteiger partial charge in [-0.3, -0.25) is 9.59 Å². The monoisotopic (exact) mass is 365 g/mol. The van der Waals surface area contributed by atoms with Crippen LogP contribution in [0.1, 0.15) is 44.5 Å². The maximum absolute atomic E-state index is 12.9. The minimum Gasteiger partial charge on any atom is -0.491 e. The van der Waals surface area contributed by atoms with Gasteiger partial charge in [-0.05, 0) is 51.5 Å². The summed E-state index contributed by atoms with van der Waals surface area (Å²) in [6, 6.07) is 7.07. The molecule has 0 aliphatic rings. The van der Waals surface area contributed by atoms with E-state index in [2.05, 4.69) is 0 Å². The summed E-state index contributed by atoms with van der Waals surface area (Å²) in [6.07, 6.45) is 0.787. The number of nitrogens with zero attached hydrogens (tertiary/aromatic N) is 1. The number of methoxy groups -OCH3 is 1. The fourth-order valence-corrected chi connectivity index (χ4v) is 2.51. The fraction of sp³-hybridized carbons (Fsp3) is 0.600. The van der Waals surface area contributed by atoms with Gasteiger partial charge in [0.1, 0.15) is 5.75 Å². The molecule has 6 heteroatoms. The lowest BCUT2D eigenvalue weighted by atomic mass is 10.1. The molecule has 1 rings (SSSR count). The first kappa shape index (κ1) is 22.0. The maximum Gasteiger partial charge on any atom is 0.310 e. The lowest BCUT2D eigenvalue weighted by molar-refractivity contribution is -0.145. The highest BCUT2D eigenvalue weighted by atomic mass is 16.5. The third-order valence-electron chi connectivity index (χ3n) is 3.78. The molecule has 0 heterocycles. The molecule has 146 valence electrons. The van der Waals surface area contributed by atoms with Crippen LogP contribution in [0.3, 0.4) is 0 Å². The first-order valence-electron chi connectivity index (χ1n) is 9.10. The molecule has 0 saturated carbocycles. The zero-order chi connectivity index (χ0) is 19.5. The molecule has 0 aliphatic heterocycles. The molecule has 1 aromatic carbocycles. The highest BCUT2D eigenvalue weighted by Crippen LogP contribution is 2.16. The first-order chi connectivity index (χ1) is 12.4. The van der Waals surface area contributed by atoms with Gasteiger partial charge in [-0.25, -0.2) is 0 Å². The Balaban J connectivity index is 2.82. The average molecular weight is 365 g/mol. The Morgan fingerprint density at radius 3 is 2.31 bits per heavy atom. The van der Waals surface area contributed by atoms with Crippen molar-refractivity contribution in [1.29, 1.82) is 0 Å². The van der Waals surface area contributed by atoms with Crippen molar-refractivity contribution in [2.45, 2.75) is 40.2 Å². The van der Waals surface area contributed by atoms with Crippen LogP contribution in [0.5, 0.6) is 5.75 Å². The van der Waals surface area contributed by atoms with Crippen molar-refractivity contribution in [3.63, 3.8) is 0 Å². The van der Waals surface area contributed by atoms with E-state index in [1.54, 1.807) is 36.1 Å². The van der Waals surface area contributed by atoms with E-state index in [9.17, 15) is 9.59 Å². The number of esters is 1. The van der Waals surface area contributed by atoms with Crippen molar-refractivity contribution in [2.75, 3.05) is 33.4 Å². The number of rotatable bonds is 11. The summed E-state index contributed by atoms with van der Waals surface area (Å²) < 4.78 is 15.7. The van der Waals surface area contributed by atoms with Crippen LogP contribution in [-0.4, -0.2) is 56.3 Å². The lowest BCUT2D eigenvalue weighted by Gasteiger charge is -2.25. The second-order valence-corrected chi connectivity index (χ2v) is 6.42. The Morgan fingerprint density at radius 2 is 1.77 bits per heavy atom. The topological polar surface area (TPSA) is 65.1 Å². The van der Waals surface area contributed by atoms with Crippen molar-refractivity contribution in [3.8, 4) is 5.75 Å². The van der Waals surface area contributed by atoms with Gasteiger partial charge >= 0.3 is 5.97 Å². The molecule has 0 bridgehead atoms. The normalized spacial score (nSPS) is 11.9. The van der Waals surface area contributed by atoms with Crippen molar-refractivity contribution < 1.29 is 23.8 Å². The standard InChI is InChI=1S/C20H31NO5/c1-6-25-13-7-12-21(14-16(4)20(23)24-5)19(22)17-8-10-18(11-9-17)26-15(2)3/h8-11,15-16H,6-7,12-14H2,1-5H3. The molecule has 0 radical (unpaired) electrons. The van der Waals surface area contributed by atoms with Gasteiger partial charge in [-0.1, -0.05) is 6.92 Å². The van der Waals surface area contributed by atoms with Crippen molar-refractivity contribution in [3.05, 3.63) is 29.8 Å². The number of hydrogen-bond donors (Lipinski definition) is 0. The summed E-state index contributed by atoms with van der Waals surface area (Å²) in [4.78, 5) is 26.3. The zero-order valence-corrected chi connectivity index (χ0v) is 16.5. The molecule has 0 fully saturated rings. The van der Waals surface area contributed by atoms with Gasteiger partial charge in [0, 0.05) is 31.9 Å². The van der Waals surface area contributed by atoms with E-state index in [1.807, 2.05) is 20.8 Å². The largest absolute Gasteiger partial charge is 0.491 e. The number of benzene rings is 1. The lowest BCUT2D eigenvalue weighted by Crippen LogP contribution is -2.38. The Hall–Kier alpha value is -2.08. The maximum atomic E-state index is 12.9. The van der Waals surface area contributed by atoms with Crippen LogP contribution in [0.2, 0.25) is 0 Å². The van der Waals surface area contributed by atoms with E-state index < -0.39 is 0 Å². The van der Waals surface area contributed by atoms with Crippen molar-refractivity contribution >= 4 is 11.9 Å². The van der Waals surface area contributed by atoms with Gasteiger partial charge in [-0.2, -0.15) is 0 Å². The van der Waals surface area contributed by atoms with Crippen LogP contribution in [0.4, 0.5) is 0 Å². The number of amides is 1. The van der Waals surface area contributed by atoms with E-state index in [0.29, 0.717) is 38.3 Å². The van der Waals surface area contributed by atoms with Crippen LogP contribution in [-0.2, 0) is 14.3 Å². The van der Waals surface area contributed by atoms with Crippen molar-refractivity contribution in [2.24, 2.45) is 5.92 Å². The number of hydrogen-bond acceptors (Lipinski definition) is 5. The van der Waals surface area contributed by atoms with Gasteiger partial charge in [0.2, 0.25) is 0 Å². The smallest absolute Gasteiger partial charge is 0.310 e. The molecule has 0 aliphatic carbocycles. The number of carbonyl (C=O) groups excluding carboxylic acids is 2. The van der Waals surface area contributed by atoms with E-state index in [1.165, 1.54) is 7.11 Å². The van der Waals surface area contributed by atoms with Crippen LogP contribution < -0.4 is 4.74 Å². The number of ether oxygens (including phenoxy) is 3. The highest BCUT2D eigenvalue weighted by Gasteiger charge is 2.22. The molecule has 0 N–H and O–H groups in total. The summed E-state index contributed by atoms with van der Waals surface area (Å²) >= 11 is 0. The second-order valence-electron chi connectivity index (χ2n) is 6.42. The molecule has 1 unspecified atom stereocenters. The van der Waals surface area contributed by atoms with Crippen LogP contribution in [0.15, 0.2) is 24.3 Å². The molecule has 1 aromatic rings. The quantitative estimate of drug-likeness (QED) is 0.445. The first-order valence-corrected chi connectivity index (χ1v) is 9.10. The van der Waals surface area contributed by atoms with Gasteiger partial charge in [0.25, 0.3) is 5.91 Å². The summed E-state index contributed by atoms with van der Waals surface area (Å²) in [6.45, 7) is 9.64. The predicted molar refractivity (Wildman–Crippen MR) is 100 cm³/mol. The second kappa shape index (κ2) is 11.5. The minimum atomic E-state index is -0.389. The van der Waals surface area contributed by atoms with Crippen molar-refractivity contribution in [1.82, 2.24) is 4.90 Å². The summed E-state index contributed by atoms with van der Waals surface area (Å²) in [7, 11) is 1.35. The Morgan fingerprint density at radius 1 is 1.12 bits per heavy atom. The van der Waals surface area contributed by atoms with Gasteiger partial charge in [0.15, 0.2) is 0 Å². The molecule has 6 nitrogen and oxygen atoms in total. The molecule has 26 heavy (non-hydrogen) atoms. The molecule has 0 saturated heterocycles. The molecule has 1 atom stereocenters. The van der Waals surface area contributed by atoms with Gasteiger partial charge in [0.05, 0.1) is 19.1 Å². The van der Waals surface area contributed by atoms with Crippen LogP contribution in [0, 0.1) is 5.92 Å². The Kier molecular flexibility index (Phi) is 9.73. The van der Waals surface area contributed by atoms with E-state index in [4.69, 9.17) is 14.2 Å². The zero-order valence-electron chi connectivity index (χ0n) is 16.5. The van der Waals surface area contributed by atoms with Crippen LogP contribution in [0.25, 0.3) is 0 Å². The van der Waals surface area contributed by atoms with E-state index in [-0.39, 0.29) is 23.9 Å². The number of carbonyl (C=O) groups is 2. The third kappa shape index (κ3) is 7.44. The highest BCUT2D eigenvalue weighted by molar-refractivity contribution is 5.94. The molecule has 1 amide bonds. The average Bonchev–Trinajstić information content (AvgIpc) is 2.62. The van der Waals surface area contributed by atoms with Gasteiger partial charge < -0.3 is 19.1 Å². The molecular weight excluding hydrogens is 334 g/mol. The summed E-state index contributed by atoms with van der Waals surface area (Å²) in [5.41, 5.74) is 0.564. The molecule has 0 spiro atoms. The Bertz CT molecular complexity index is 556. The fourth-order valence-electron chi connectivity index (χ4n) is 2.51. The third-order valence-corrected chi connectivity index (χ3v) is 3.78. The summed E-state index contributed by atoms with van der Waals surface area (Å²) in [5.74, 6) is -0.108. The molecular formula is C20H31NO5. The SMILES string of the molecule is CCOCCCN(CC(C)C(=O)OC)C(=O)c1ccc(OC(C)C)cc1. The predicted octanol–water partition coefficient (Wildman–Crippen LogP) is 3.15. The van der Waals surface area contributed by atoms with Gasteiger partial charge in [-0.15, -0.1) is 0 Å². The summed E-state index contributed by atoms with van der Waals surface area (Å²) in [5, 5.41) is 0. The van der Waals surface area contributed by atoms with E-state index in [0.717, 1.165) is 5.75 Å². The van der Waals surface area contributed by atoms with E-state index >= 15 is 0 Å². The Labute approximate surface area is 156 Å². The molecule has 0 aromatic heterocycles. The van der Waals surface area contributed by atoms with Crippen LogP contribution >= 0.6 is 0 Å².